The zero-order chi connectivity index (χ0) is 29.0. The van der Waals surface area contributed by atoms with Crippen molar-refractivity contribution in [2.45, 2.75) is 17.5 Å². The molecule has 0 aliphatic carbocycles. The summed E-state index contributed by atoms with van der Waals surface area (Å²) in [6, 6.07) is 23.6. The highest BCUT2D eigenvalue weighted by atomic mass is 16.5. The van der Waals surface area contributed by atoms with Crippen molar-refractivity contribution in [1.29, 1.82) is 0 Å². The number of pyridine rings is 1. The molecule has 8 heteroatoms. The number of carbonyl (C=O) groups is 3. The number of fused-ring (bicyclic) bond motifs is 6. The van der Waals surface area contributed by atoms with Gasteiger partial charge in [-0.25, -0.2) is 0 Å². The summed E-state index contributed by atoms with van der Waals surface area (Å²) in [6.07, 6.45) is 5.33. The van der Waals surface area contributed by atoms with E-state index in [1.165, 1.54) is 14.2 Å². The number of aromatic nitrogens is 1. The van der Waals surface area contributed by atoms with Gasteiger partial charge in [-0.15, -0.1) is 0 Å². The van der Waals surface area contributed by atoms with Crippen LogP contribution in [0.4, 0.5) is 5.69 Å². The fourth-order valence-corrected chi connectivity index (χ4v) is 7.00. The molecule has 3 aliphatic rings. The minimum absolute atomic E-state index is 0.224. The maximum Gasteiger partial charge on any atom is 0.238 e. The smallest absolute Gasteiger partial charge is 0.238 e. The largest absolute Gasteiger partial charge is 0.493 e. The van der Waals surface area contributed by atoms with Crippen LogP contribution in [0.1, 0.15) is 43.6 Å². The Morgan fingerprint density at radius 2 is 1.64 bits per heavy atom. The number of nitrogens with one attached hydrogen (secondary N) is 1. The predicted molar refractivity (Wildman–Crippen MR) is 157 cm³/mol. The first kappa shape index (κ1) is 25.7. The van der Waals surface area contributed by atoms with E-state index in [1.54, 1.807) is 42.6 Å². The Balaban J connectivity index is 1.53. The molecule has 1 fully saturated rings. The minimum Gasteiger partial charge on any atom is -0.493 e. The van der Waals surface area contributed by atoms with E-state index < -0.39 is 23.4 Å². The van der Waals surface area contributed by atoms with E-state index in [4.69, 9.17) is 9.47 Å². The summed E-state index contributed by atoms with van der Waals surface area (Å²) in [4.78, 5) is 50.2. The molecule has 8 nitrogen and oxygen atoms in total. The Kier molecular flexibility index (Phi) is 5.93. The number of benzene rings is 3. The molecule has 0 saturated carbocycles. The Labute approximate surface area is 242 Å². The van der Waals surface area contributed by atoms with Crippen molar-refractivity contribution in [3.05, 3.63) is 125 Å². The van der Waals surface area contributed by atoms with Gasteiger partial charge < -0.3 is 19.7 Å². The zero-order valence-corrected chi connectivity index (χ0v) is 23.0. The number of amides is 1. The number of rotatable bonds is 6. The highest BCUT2D eigenvalue weighted by molar-refractivity contribution is 6.16. The highest BCUT2D eigenvalue weighted by Gasteiger charge is 2.70. The third-order valence-corrected chi connectivity index (χ3v) is 8.71. The van der Waals surface area contributed by atoms with Crippen molar-refractivity contribution in [2.75, 3.05) is 19.5 Å². The molecule has 0 radical (unpaired) electrons. The zero-order valence-electron chi connectivity index (χ0n) is 23.0. The molecule has 42 heavy (non-hydrogen) atoms. The number of hydrogen-bond acceptors (Lipinski definition) is 7. The second kappa shape index (κ2) is 9.69. The van der Waals surface area contributed by atoms with Gasteiger partial charge in [0.25, 0.3) is 0 Å². The van der Waals surface area contributed by atoms with Gasteiger partial charge in [0.2, 0.25) is 11.7 Å². The molecule has 1 spiro atoms. The monoisotopic (exact) mass is 557 g/mol. The summed E-state index contributed by atoms with van der Waals surface area (Å²) in [7, 11) is 3.02. The summed E-state index contributed by atoms with van der Waals surface area (Å²) in [6.45, 7) is 0. The van der Waals surface area contributed by atoms with Crippen LogP contribution in [-0.2, 0) is 10.2 Å². The highest BCUT2D eigenvalue weighted by Crippen LogP contribution is 2.62. The van der Waals surface area contributed by atoms with Gasteiger partial charge in [-0.1, -0.05) is 48.5 Å². The minimum atomic E-state index is -1.42. The number of Topliss-reactive ketones (excluding diaryl/α,β-unsaturated/α-hetero) is 2. The second-order valence-corrected chi connectivity index (χ2v) is 10.6. The van der Waals surface area contributed by atoms with Crippen LogP contribution in [0.5, 0.6) is 11.5 Å². The summed E-state index contributed by atoms with van der Waals surface area (Å²) in [5.74, 6) is -1.26. The maximum absolute atomic E-state index is 14.9. The fraction of sp³-hybridized carbons (Fsp3) is 0.176. The van der Waals surface area contributed by atoms with Gasteiger partial charge >= 0.3 is 0 Å². The van der Waals surface area contributed by atoms with E-state index in [0.717, 1.165) is 11.1 Å². The van der Waals surface area contributed by atoms with E-state index in [-0.39, 0.29) is 23.2 Å². The molecular formula is C34H27N3O5. The third kappa shape index (κ3) is 3.48. The SMILES string of the molecule is COc1ccc(C(=O)[C@@H]2[C@H](C(=O)c3ccccn3)N3C=Cc4ccccc4[C@H]3[C@@]23C(=O)Nc2ccccc23)cc1OC. The lowest BCUT2D eigenvalue weighted by molar-refractivity contribution is -0.122. The first-order chi connectivity index (χ1) is 20.5. The molecule has 1 amide bonds. The first-order valence-corrected chi connectivity index (χ1v) is 13.7. The Hall–Kier alpha value is -5.24. The third-order valence-electron chi connectivity index (χ3n) is 8.71. The lowest BCUT2D eigenvalue weighted by atomic mass is 9.62. The normalized spacial score (nSPS) is 23.1. The van der Waals surface area contributed by atoms with Crippen LogP contribution in [0.2, 0.25) is 0 Å². The number of para-hydroxylation sites is 1. The molecule has 3 aromatic carbocycles. The van der Waals surface area contributed by atoms with Crippen molar-refractivity contribution < 1.29 is 23.9 Å². The van der Waals surface area contributed by atoms with Gasteiger partial charge in [-0.05, 0) is 59.2 Å². The van der Waals surface area contributed by atoms with Crippen LogP contribution in [0.15, 0.2) is 97.3 Å². The van der Waals surface area contributed by atoms with Gasteiger partial charge in [0.15, 0.2) is 17.3 Å². The molecule has 7 rings (SSSR count). The van der Waals surface area contributed by atoms with Gasteiger partial charge in [0.05, 0.1) is 26.2 Å². The second-order valence-electron chi connectivity index (χ2n) is 10.6. The Morgan fingerprint density at radius 1 is 0.881 bits per heavy atom. The number of ketones is 2. The fourth-order valence-electron chi connectivity index (χ4n) is 7.00. The number of hydrogen-bond donors (Lipinski definition) is 1. The molecule has 1 N–H and O–H groups in total. The summed E-state index contributed by atoms with van der Waals surface area (Å²) in [5.41, 5.74) is 2.23. The number of anilines is 1. The van der Waals surface area contributed by atoms with E-state index in [9.17, 15) is 14.4 Å². The first-order valence-electron chi connectivity index (χ1n) is 13.7. The molecule has 1 saturated heterocycles. The topological polar surface area (TPSA) is 97.8 Å². The Bertz CT molecular complexity index is 1790. The van der Waals surface area contributed by atoms with Crippen LogP contribution in [0.3, 0.4) is 0 Å². The van der Waals surface area contributed by atoms with Gasteiger partial charge in [-0.2, -0.15) is 0 Å². The van der Waals surface area contributed by atoms with Gasteiger partial charge in [0.1, 0.15) is 17.2 Å². The lowest BCUT2D eigenvalue weighted by Gasteiger charge is -2.38. The van der Waals surface area contributed by atoms with Crippen molar-refractivity contribution in [2.24, 2.45) is 5.92 Å². The molecule has 208 valence electrons. The average molecular weight is 558 g/mol. The maximum atomic E-state index is 14.9. The van der Waals surface area contributed by atoms with Gasteiger partial charge in [0, 0.05) is 23.6 Å². The van der Waals surface area contributed by atoms with Crippen LogP contribution < -0.4 is 14.8 Å². The van der Waals surface area contributed by atoms with Crippen molar-refractivity contribution in [3.8, 4) is 11.5 Å². The molecular weight excluding hydrogens is 530 g/mol. The Morgan fingerprint density at radius 3 is 2.43 bits per heavy atom. The van der Waals surface area contributed by atoms with Crippen molar-refractivity contribution in [3.63, 3.8) is 0 Å². The van der Waals surface area contributed by atoms with Crippen LogP contribution in [-0.4, -0.2) is 47.6 Å². The van der Waals surface area contributed by atoms with Crippen molar-refractivity contribution in [1.82, 2.24) is 9.88 Å². The number of ether oxygens (including phenoxy) is 2. The molecule has 4 heterocycles. The summed E-state index contributed by atoms with van der Waals surface area (Å²) < 4.78 is 10.9. The van der Waals surface area contributed by atoms with Gasteiger partial charge in [-0.3, -0.25) is 19.4 Å². The summed E-state index contributed by atoms with van der Waals surface area (Å²) >= 11 is 0. The molecule has 4 aromatic rings. The van der Waals surface area contributed by atoms with Crippen molar-refractivity contribution >= 4 is 29.2 Å². The molecule has 4 atom stereocenters. The van der Waals surface area contributed by atoms with E-state index >= 15 is 0 Å². The number of methoxy groups -OCH3 is 2. The van der Waals surface area contributed by atoms with Crippen LogP contribution in [0.25, 0.3) is 6.08 Å². The molecule has 1 aromatic heterocycles. The molecule has 0 bridgehead atoms. The van der Waals surface area contributed by atoms with E-state index in [2.05, 4.69) is 10.3 Å². The quantitative estimate of drug-likeness (QED) is 0.330. The predicted octanol–water partition coefficient (Wildman–Crippen LogP) is 5.08. The van der Waals surface area contributed by atoms with E-state index in [1.807, 2.05) is 65.7 Å². The van der Waals surface area contributed by atoms with Crippen LogP contribution >= 0.6 is 0 Å². The number of nitrogens with zero attached hydrogens (tertiary/aromatic N) is 2. The average Bonchev–Trinajstić information content (AvgIpc) is 3.52. The summed E-state index contributed by atoms with van der Waals surface area (Å²) in [5, 5.41) is 3.06. The standard InChI is InChI=1S/C34H27N3O5/c1-41-26-15-14-21(19-27(26)42-2)30(38)28-29(31(39)25-13-7-8-17-35-25)37-18-16-20-9-3-4-10-22(20)32(37)34(28)23-11-5-6-12-24(23)36-33(34)40/h3-19,28-29,32H,1-2H3,(H,36,40)/t28-,29+,32-,34-/m0/s1. The van der Waals surface area contributed by atoms with Crippen LogP contribution in [0, 0.1) is 5.92 Å². The van der Waals surface area contributed by atoms with E-state index in [0.29, 0.717) is 28.3 Å². The number of carbonyl (C=O) groups excluding carboxylic acids is 3. The molecule has 3 aliphatic heterocycles. The lowest BCUT2D eigenvalue weighted by Crippen LogP contribution is -2.49. The molecule has 0 unspecified atom stereocenters.